The molecule has 3 heterocycles. The molecule has 1 saturated heterocycles. The maximum Gasteiger partial charge on any atom is 0.326 e. The van der Waals surface area contributed by atoms with E-state index in [0.29, 0.717) is 56.3 Å². The van der Waals surface area contributed by atoms with E-state index in [1.54, 1.807) is 85.9 Å². The van der Waals surface area contributed by atoms with Crippen molar-refractivity contribution in [3.05, 3.63) is 142 Å². The summed E-state index contributed by atoms with van der Waals surface area (Å²) in [6.07, 6.45) is 2.85. The van der Waals surface area contributed by atoms with Gasteiger partial charge in [0.2, 0.25) is 41.4 Å². The number of carbonyl (C=O) groups excluding carboxylic acids is 15. The average Bonchev–Trinajstić information content (AvgIpc) is 1.67. The molecular formula is C99H138N14O28S4. The number of piperidine rings is 1. The summed E-state index contributed by atoms with van der Waals surface area (Å²) in [5.74, 6) is -15.8. The van der Waals surface area contributed by atoms with Gasteiger partial charge in [-0.25, -0.2) is 19.6 Å². The molecule has 14 atom stereocenters. The van der Waals surface area contributed by atoms with E-state index >= 15 is 0 Å². The molecule has 1 aliphatic rings. The summed E-state index contributed by atoms with van der Waals surface area (Å²) in [7, 11) is 4.86. The number of aromatic nitrogens is 2. The second-order valence-electron chi connectivity index (χ2n) is 35.5. The van der Waals surface area contributed by atoms with Crippen LogP contribution >= 0.6 is 45.6 Å². The van der Waals surface area contributed by atoms with Gasteiger partial charge in [0.05, 0.1) is 36.9 Å². The van der Waals surface area contributed by atoms with E-state index < -0.39 is 212 Å². The number of aromatic hydroxyl groups is 1. The molecule has 0 radical (unpaired) electrons. The summed E-state index contributed by atoms with van der Waals surface area (Å²) in [6, 6.07) is 20.4. The molecule has 3 unspecified atom stereocenters. The van der Waals surface area contributed by atoms with E-state index in [-0.39, 0.29) is 137 Å². The third-order valence-corrected chi connectivity index (χ3v) is 27.1. The minimum absolute atomic E-state index is 0.000102. The Morgan fingerprint density at radius 1 is 0.641 bits per heavy atom. The highest BCUT2D eigenvalue weighted by Gasteiger charge is 2.41. The number of thiol groups is 1. The van der Waals surface area contributed by atoms with Crippen LogP contribution < -0.4 is 53.6 Å². The molecule has 16 N–H and O–H groups in total. The zero-order chi connectivity index (χ0) is 107. The van der Waals surface area contributed by atoms with Crippen LogP contribution in [0.1, 0.15) is 215 Å². The molecule has 3 aromatic carbocycles. The van der Waals surface area contributed by atoms with Crippen LogP contribution in [0.2, 0.25) is 0 Å². The van der Waals surface area contributed by atoms with Crippen LogP contribution in [0.4, 0.5) is 4.79 Å². The summed E-state index contributed by atoms with van der Waals surface area (Å²) in [6.45, 7) is 12.3. The number of nitrogens with one attached hydrogen (secondary N) is 9. The molecule has 46 heteroatoms. The number of hydrogen-bond donors (Lipinski definition) is 16. The molecule has 42 nitrogen and oxygen atoms in total. The third-order valence-electron chi connectivity index (χ3n) is 23.5. The summed E-state index contributed by atoms with van der Waals surface area (Å²) in [5, 5.41) is 72.8. The largest absolute Gasteiger partial charge is 0.508 e. The first-order valence-corrected chi connectivity index (χ1v) is 52.0. The Morgan fingerprint density at radius 2 is 1.30 bits per heavy atom. The fraction of sp³-hybridized carbons (Fsp3) is 0.545. The number of hydrogen-bond acceptors (Lipinski definition) is 32. The van der Waals surface area contributed by atoms with E-state index in [4.69, 9.17) is 25.1 Å². The topological polar surface area (TPSA) is 629 Å². The number of nitrogens with zero attached hydrogens (tertiary/aromatic N) is 4. The minimum atomic E-state index is -1.61. The Kier molecular flexibility index (Phi) is 56.8. The van der Waals surface area contributed by atoms with Crippen LogP contribution in [-0.4, -0.2) is 271 Å². The van der Waals surface area contributed by atoms with Crippen LogP contribution in [0.5, 0.6) is 5.75 Å². The van der Waals surface area contributed by atoms with Crippen LogP contribution in [0.25, 0.3) is 0 Å². The van der Waals surface area contributed by atoms with Gasteiger partial charge in [-0.15, -0.1) is 11.3 Å². The summed E-state index contributed by atoms with van der Waals surface area (Å²) in [4.78, 5) is 254. The maximum absolute atomic E-state index is 14.9. The van der Waals surface area contributed by atoms with E-state index in [1.165, 1.54) is 50.9 Å². The number of phenols is 1. The molecule has 1 aliphatic heterocycles. The zero-order valence-corrected chi connectivity index (χ0v) is 86.1. The van der Waals surface area contributed by atoms with E-state index in [9.17, 15) is 112 Å². The molecule has 0 spiro atoms. The van der Waals surface area contributed by atoms with Crippen LogP contribution in [0, 0.1) is 29.6 Å². The van der Waals surface area contributed by atoms with Crippen molar-refractivity contribution in [3.8, 4) is 5.75 Å². The molecule has 1 fully saturated rings. The lowest BCUT2D eigenvalue weighted by Crippen LogP contribution is -2.59. The smallest absolute Gasteiger partial charge is 0.326 e. The van der Waals surface area contributed by atoms with Crippen molar-refractivity contribution in [2.45, 2.75) is 262 Å². The fourth-order valence-electron chi connectivity index (χ4n) is 15.3. The number of Topliss-reactive ketones (excluding diaryl/α,β-unsaturated/α-hetero) is 2. The maximum atomic E-state index is 14.9. The number of thiazole rings is 1. The van der Waals surface area contributed by atoms with E-state index in [0.717, 1.165) is 46.9 Å². The van der Waals surface area contributed by atoms with Crippen molar-refractivity contribution < 1.29 is 136 Å². The van der Waals surface area contributed by atoms with Crippen LogP contribution in [0.3, 0.4) is 0 Å². The number of carbonyl (C=O) groups is 19. The molecule has 145 heavy (non-hydrogen) atoms. The highest BCUT2D eigenvalue weighted by atomic mass is 33.1. The van der Waals surface area contributed by atoms with Gasteiger partial charge in [0.15, 0.2) is 30.6 Å². The molecule has 2 aromatic heterocycles. The van der Waals surface area contributed by atoms with Gasteiger partial charge in [-0.2, -0.15) is 12.6 Å². The number of carboxylic acid groups (broad SMARTS) is 4. The lowest BCUT2D eigenvalue weighted by molar-refractivity contribution is -0.161. The highest BCUT2D eigenvalue weighted by Crippen LogP contribution is 2.34. The van der Waals surface area contributed by atoms with Crippen molar-refractivity contribution in [3.63, 3.8) is 0 Å². The first-order chi connectivity index (χ1) is 69.1. The molecule has 5 aromatic rings. The fourth-order valence-corrected chi connectivity index (χ4v) is 18.1. The number of carboxylic acids is 4. The molecule has 0 bridgehead atoms. The Morgan fingerprint density at radius 3 is 1.92 bits per heavy atom. The Bertz CT molecular complexity index is 5020. The number of likely N-dealkylation sites (N-methyl/N-ethyl adjacent to an activating group) is 1. The Balaban J connectivity index is 0.000000510. The van der Waals surface area contributed by atoms with Gasteiger partial charge in [-0.3, -0.25) is 86.4 Å². The number of phenolic OH excluding ortho intramolecular Hbond substituents is 1. The number of esters is 3. The molecular weight excluding hydrogens is 1960 g/mol. The number of ketones is 2. The highest BCUT2D eigenvalue weighted by molar-refractivity contribution is 8.76. The van der Waals surface area contributed by atoms with Gasteiger partial charge in [0.1, 0.15) is 52.8 Å². The number of unbranched alkanes of at least 4 members (excludes halogenated alkanes) is 3. The van der Waals surface area contributed by atoms with E-state index in [1.807, 2.05) is 64.8 Å². The predicted molar refractivity (Wildman–Crippen MR) is 539 cm³/mol. The number of amides is 10. The van der Waals surface area contributed by atoms with Crippen LogP contribution in [0.15, 0.2) is 120 Å². The number of ether oxygens (including phenoxy) is 4. The number of aliphatic carboxylic acids is 4. The minimum Gasteiger partial charge on any atom is -0.508 e. The second-order valence-corrected chi connectivity index (χ2v) is 39.1. The number of rotatable bonds is 67. The number of likely N-dealkylation sites (tertiary alicyclic amines) is 1. The van der Waals surface area contributed by atoms with Gasteiger partial charge >= 0.3 is 47.8 Å². The number of pyridine rings is 1. The standard InChI is InChI=1S/C51H73N7O11S3.C48H65N7O17S/c1-9-15-44(61)68-31-58(51(66)46(33(5)10-2)56-49(65)40-16-12-14-23-57(40)8)41(32(3)4)28-42(69-35(7)59)50-55-39(30-70-50)48(64)54-37(27-36-18-20-38(60)21-19-36)26-34(6)47(63)53-29-45(62)67-24-25-71-72-43-17-11-13-22-52-43;49-33(45(66)53-36(25-43(63)64)38(58)24-32(27-73)46(67)68)26-51-44(65)31(21-29-11-5-3-6-12-29)23-37(57)35(22-30-13-7-4-8-14-30)52-40(60)15-9-1-2-10-20-50-39(59)17-16-34(47(69)70)54-48(71)55-41(72-28-56)18-19-42(61)62/h11,13,17-22,30,32-34,37,40-42,46,60H,9-10,12,14-16,23-29,31H2,1-8H3,(H,53,63)(H,54,64)(H,56,65);3-8,11-14,28,31-36,41,73H,1-2,9-10,15-27,49H2,(H,50,59)(H,51,65)(H,52,60)(H,53,66)(H,61,62)(H,63,64)(H,67,68)(H,69,70)(H2,54,55,71)/t33?,34-,37+,40+,41+,42+,46-;31?,32-,33+,34+,35?,36+,41-/m01/s1. The molecule has 0 aliphatic carbocycles. The normalized spacial score (nSPS) is 15.0. The first-order valence-electron chi connectivity index (χ1n) is 48.1. The average molecular weight is 2100 g/mol. The van der Waals surface area contributed by atoms with Crippen molar-refractivity contribution in [2.24, 2.45) is 35.3 Å². The summed E-state index contributed by atoms with van der Waals surface area (Å²) < 4.78 is 21.5. The molecule has 796 valence electrons. The third kappa shape index (κ3) is 47.8. The number of nitrogens with two attached hydrogens (primary N) is 1. The van der Waals surface area contributed by atoms with Crippen molar-refractivity contribution in [2.75, 3.05) is 58.1 Å². The molecule has 10 amide bonds. The monoisotopic (exact) mass is 2100 g/mol. The summed E-state index contributed by atoms with van der Waals surface area (Å²) in [5.41, 5.74) is 8.28. The van der Waals surface area contributed by atoms with E-state index in [2.05, 4.69) is 75.2 Å². The number of benzene rings is 3. The first kappa shape index (κ1) is 123. The lowest BCUT2D eigenvalue weighted by atomic mass is 9.89. The quantitative estimate of drug-likeness (QED) is 0.00343. The van der Waals surface area contributed by atoms with Crippen LogP contribution in [-0.2, 0) is 120 Å². The van der Waals surface area contributed by atoms with Crippen molar-refractivity contribution in [1.29, 1.82) is 0 Å². The molecule has 0 saturated carbocycles. The van der Waals surface area contributed by atoms with Gasteiger partial charge in [0, 0.05) is 112 Å². The van der Waals surface area contributed by atoms with Crippen molar-refractivity contribution in [1.82, 2.24) is 67.6 Å². The number of urea groups is 1. The molecule has 6 rings (SSSR count). The second kappa shape index (κ2) is 67.1. The van der Waals surface area contributed by atoms with Gasteiger partial charge < -0.3 is 103 Å². The lowest BCUT2D eigenvalue weighted by Gasteiger charge is -2.39. The van der Waals surface area contributed by atoms with Gasteiger partial charge in [0.25, 0.3) is 12.4 Å². The SMILES string of the molecule is CCCC(=O)OCN(C(=O)[C@@H](NC(=O)[C@H]1CCCCN1C)C(C)CC)[C@H](C[C@@H](OC(C)=O)c1nc(C(=O)N[C@@H](Cc2ccc(O)cc2)C[C@H](C)C(=O)NCC(=O)OCCSSc2ccccn2)cs1)C(C)C.N[C@@H](CNC(=O)C(CC(=O)C(Cc1ccccc1)NC(=O)CCCCCCNC(=O)CC[C@H](NC(=O)N[C@@H](CCC(=O)O)OC=O)C(=O)O)Cc1ccccc1)C(=O)N[C@@H](CC(=O)O)C(=O)C[C@H](CS)C(=O)O. The van der Waals surface area contributed by atoms with Gasteiger partial charge in [-0.1, -0.05) is 157 Å². The predicted octanol–water partition coefficient (Wildman–Crippen LogP) is 7.36. The Hall–Kier alpha value is -12.7. The zero-order valence-electron chi connectivity index (χ0n) is 82.8. The van der Waals surface area contributed by atoms with Gasteiger partial charge in [-0.05, 0) is 141 Å². The van der Waals surface area contributed by atoms with Crippen molar-refractivity contribution >= 4 is 159 Å². The Labute approximate surface area is 859 Å². The summed E-state index contributed by atoms with van der Waals surface area (Å²) >= 11 is 5.01.